The van der Waals surface area contributed by atoms with Crippen molar-refractivity contribution in [3.05, 3.63) is 66.2 Å². The number of furan rings is 1. The molecule has 2 aromatic heterocycles. The van der Waals surface area contributed by atoms with Crippen molar-refractivity contribution in [3.63, 3.8) is 0 Å². The molecule has 1 N–H and O–H groups in total. The first kappa shape index (κ1) is 17.0. The highest BCUT2D eigenvalue weighted by atomic mass is 16.5. The van der Waals surface area contributed by atoms with Crippen LogP contribution in [0.5, 0.6) is 5.75 Å². The lowest BCUT2D eigenvalue weighted by molar-refractivity contribution is 0.0930. The monoisotopic (exact) mass is 361 g/mol. The van der Waals surface area contributed by atoms with Crippen LogP contribution < -0.4 is 10.1 Å². The number of para-hydroxylation sites is 3. The van der Waals surface area contributed by atoms with Crippen molar-refractivity contribution in [3.8, 4) is 5.75 Å². The van der Waals surface area contributed by atoms with Crippen molar-refractivity contribution in [2.75, 3.05) is 6.61 Å². The zero-order chi connectivity index (χ0) is 18.8. The molecule has 0 spiro atoms. The Bertz CT molecular complexity index is 1120. The van der Waals surface area contributed by atoms with Crippen molar-refractivity contribution in [1.82, 2.24) is 15.3 Å². The molecule has 0 radical (unpaired) electrons. The number of nitrogens with zero attached hydrogens (tertiary/aromatic N) is 2. The highest BCUT2D eigenvalue weighted by Crippen LogP contribution is 2.31. The number of carbonyl (C=O) groups excluding carboxylic acids is 1. The summed E-state index contributed by atoms with van der Waals surface area (Å²) >= 11 is 0. The van der Waals surface area contributed by atoms with Gasteiger partial charge < -0.3 is 14.5 Å². The predicted octanol–water partition coefficient (Wildman–Crippen LogP) is 4.27. The molecule has 1 amide bonds. The van der Waals surface area contributed by atoms with Crippen LogP contribution in [0, 0.1) is 0 Å². The summed E-state index contributed by atoms with van der Waals surface area (Å²) in [6.45, 7) is 4.35. The van der Waals surface area contributed by atoms with Gasteiger partial charge in [-0.05, 0) is 38.1 Å². The molecule has 6 heteroatoms. The van der Waals surface area contributed by atoms with Crippen LogP contribution in [0.4, 0.5) is 0 Å². The van der Waals surface area contributed by atoms with E-state index in [0.29, 0.717) is 29.2 Å². The Balaban J connectivity index is 1.57. The van der Waals surface area contributed by atoms with E-state index in [2.05, 4.69) is 15.3 Å². The Labute approximate surface area is 156 Å². The minimum absolute atomic E-state index is 0.270. The molecule has 0 bridgehead atoms. The van der Waals surface area contributed by atoms with Gasteiger partial charge in [0, 0.05) is 5.39 Å². The van der Waals surface area contributed by atoms with E-state index in [1.54, 1.807) is 0 Å². The number of fused-ring (bicyclic) bond motifs is 2. The Morgan fingerprint density at radius 3 is 2.81 bits per heavy atom. The normalized spacial score (nSPS) is 12.2. The molecule has 0 aliphatic heterocycles. The second kappa shape index (κ2) is 7.07. The number of ether oxygens (including phenoxy) is 1. The number of carbonyl (C=O) groups is 1. The first-order valence-electron chi connectivity index (χ1n) is 8.83. The van der Waals surface area contributed by atoms with Gasteiger partial charge >= 0.3 is 0 Å². The number of hydrogen-bond acceptors (Lipinski definition) is 5. The Morgan fingerprint density at radius 2 is 2.00 bits per heavy atom. The molecule has 1 atom stereocenters. The summed E-state index contributed by atoms with van der Waals surface area (Å²) in [4.78, 5) is 21.2. The van der Waals surface area contributed by atoms with E-state index >= 15 is 0 Å². The van der Waals surface area contributed by atoms with Gasteiger partial charge in [0.25, 0.3) is 5.91 Å². The highest BCUT2D eigenvalue weighted by Gasteiger charge is 2.18. The van der Waals surface area contributed by atoms with E-state index in [9.17, 15) is 4.79 Å². The fourth-order valence-corrected chi connectivity index (χ4v) is 2.95. The zero-order valence-electron chi connectivity index (χ0n) is 15.1. The van der Waals surface area contributed by atoms with Gasteiger partial charge in [0.2, 0.25) is 0 Å². The van der Waals surface area contributed by atoms with E-state index in [1.165, 1.54) is 6.20 Å². The van der Waals surface area contributed by atoms with Gasteiger partial charge in [-0.15, -0.1) is 0 Å². The Morgan fingerprint density at radius 1 is 1.19 bits per heavy atom. The lowest BCUT2D eigenvalue weighted by Gasteiger charge is -2.11. The third kappa shape index (κ3) is 3.33. The third-order valence-electron chi connectivity index (χ3n) is 4.28. The molecule has 0 aliphatic rings. The molecular formula is C21H19N3O3. The number of amides is 1. The first-order chi connectivity index (χ1) is 13.2. The van der Waals surface area contributed by atoms with Crippen LogP contribution in [0.25, 0.3) is 22.0 Å². The summed E-state index contributed by atoms with van der Waals surface area (Å²) in [6.07, 6.45) is 1.48. The number of nitrogens with one attached hydrogen (secondary N) is 1. The Kier molecular flexibility index (Phi) is 4.46. The summed E-state index contributed by atoms with van der Waals surface area (Å²) in [5.41, 5.74) is 2.39. The largest absolute Gasteiger partial charge is 0.490 e. The second-order valence-electron chi connectivity index (χ2n) is 6.20. The average Bonchev–Trinajstić information content (AvgIpc) is 3.13. The van der Waals surface area contributed by atoms with Gasteiger partial charge in [0.1, 0.15) is 11.5 Å². The number of rotatable bonds is 5. The standard InChI is InChI=1S/C21H19N3O3/c1-3-26-18-10-6-7-14-11-19(27-20(14)18)13(2)23-21(25)17-12-22-15-8-4-5-9-16(15)24-17/h4-13H,3H2,1-2H3,(H,23,25). The van der Waals surface area contributed by atoms with Crippen LogP contribution in [-0.2, 0) is 0 Å². The van der Waals surface area contributed by atoms with Crippen molar-refractivity contribution in [2.45, 2.75) is 19.9 Å². The minimum Gasteiger partial charge on any atom is -0.490 e. The lowest BCUT2D eigenvalue weighted by Crippen LogP contribution is -2.27. The zero-order valence-corrected chi connectivity index (χ0v) is 15.1. The van der Waals surface area contributed by atoms with Crippen LogP contribution in [0.1, 0.15) is 36.1 Å². The SMILES string of the molecule is CCOc1cccc2cc(C(C)NC(=O)c3cnc4ccccc4n3)oc12. The van der Waals surface area contributed by atoms with Crippen molar-refractivity contribution in [2.24, 2.45) is 0 Å². The van der Waals surface area contributed by atoms with Gasteiger partial charge in [0.05, 0.1) is 29.9 Å². The molecule has 0 saturated carbocycles. The predicted molar refractivity (Wildman–Crippen MR) is 103 cm³/mol. The topological polar surface area (TPSA) is 77.2 Å². The molecule has 136 valence electrons. The summed E-state index contributed by atoms with van der Waals surface area (Å²) in [6, 6.07) is 14.8. The lowest BCUT2D eigenvalue weighted by atomic mass is 10.2. The maximum Gasteiger partial charge on any atom is 0.272 e. The molecule has 0 saturated heterocycles. The summed E-state index contributed by atoms with van der Waals surface area (Å²) in [5, 5.41) is 3.85. The van der Waals surface area contributed by atoms with E-state index in [1.807, 2.05) is 62.4 Å². The third-order valence-corrected chi connectivity index (χ3v) is 4.28. The van der Waals surface area contributed by atoms with E-state index in [4.69, 9.17) is 9.15 Å². The minimum atomic E-state index is -0.326. The number of hydrogen-bond donors (Lipinski definition) is 1. The highest BCUT2D eigenvalue weighted by molar-refractivity contribution is 5.94. The fourth-order valence-electron chi connectivity index (χ4n) is 2.95. The van der Waals surface area contributed by atoms with E-state index in [0.717, 1.165) is 10.9 Å². The number of benzene rings is 2. The molecule has 27 heavy (non-hydrogen) atoms. The summed E-state index contributed by atoms with van der Waals surface area (Å²) in [5.74, 6) is 1.05. The van der Waals surface area contributed by atoms with Crippen LogP contribution in [0.3, 0.4) is 0 Å². The van der Waals surface area contributed by atoms with Crippen LogP contribution >= 0.6 is 0 Å². The molecule has 2 aromatic carbocycles. The smallest absolute Gasteiger partial charge is 0.272 e. The first-order valence-corrected chi connectivity index (χ1v) is 8.83. The van der Waals surface area contributed by atoms with E-state index in [-0.39, 0.29) is 17.6 Å². The van der Waals surface area contributed by atoms with Crippen LogP contribution in [0.15, 0.2) is 59.1 Å². The molecule has 4 rings (SSSR count). The Hall–Kier alpha value is -3.41. The molecular weight excluding hydrogens is 342 g/mol. The molecule has 2 heterocycles. The molecule has 4 aromatic rings. The van der Waals surface area contributed by atoms with Crippen LogP contribution in [0.2, 0.25) is 0 Å². The quantitative estimate of drug-likeness (QED) is 0.574. The molecule has 0 fully saturated rings. The van der Waals surface area contributed by atoms with E-state index < -0.39 is 0 Å². The summed E-state index contributed by atoms with van der Waals surface area (Å²) < 4.78 is 11.5. The van der Waals surface area contributed by atoms with Gasteiger partial charge in [0.15, 0.2) is 11.3 Å². The van der Waals surface area contributed by atoms with Crippen molar-refractivity contribution in [1.29, 1.82) is 0 Å². The van der Waals surface area contributed by atoms with Crippen molar-refractivity contribution >= 4 is 27.9 Å². The van der Waals surface area contributed by atoms with Gasteiger partial charge in [-0.25, -0.2) is 4.98 Å². The number of aromatic nitrogens is 2. The van der Waals surface area contributed by atoms with Gasteiger partial charge in [-0.1, -0.05) is 24.3 Å². The average molecular weight is 361 g/mol. The maximum absolute atomic E-state index is 12.6. The molecule has 0 aliphatic carbocycles. The summed E-state index contributed by atoms with van der Waals surface area (Å²) in [7, 11) is 0. The molecule has 1 unspecified atom stereocenters. The van der Waals surface area contributed by atoms with Crippen molar-refractivity contribution < 1.29 is 13.9 Å². The van der Waals surface area contributed by atoms with Crippen LogP contribution in [-0.4, -0.2) is 22.5 Å². The maximum atomic E-state index is 12.6. The van der Waals surface area contributed by atoms with Gasteiger partial charge in [-0.3, -0.25) is 9.78 Å². The second-order valence-corrected chi connectivity index (χ2v) is 6.20. The molecule has 6 nitrogen and oxygen atoms in total. The fraction of sp³-hybridized carbons (Fsp3) is 0.190. The van der Waals surface area contributed by atoms with Gasteiger partial charge in [-0.2, -0.15) is 0 Å².